The largest absolute Gasteiger partial charge is 0.465 e. The zero-order chi connectivity index (χ0) is 23.9. The quantitative estimate of drug-likeness (QED) is 0.588. The van der Waals surface area contributed by atoms with Crippen molar-refractivity contribution in [3.8, 4) is 0 Å². The summed E-state index contributed by atoms with van der Waals surface area (Å²) in [5, 5.41) is 2.50. The Hall–Kier alpha value is -3.47. The monoisotopic (exact) mass is 461 g/mol. The topological polar surface area (TPSA) is 89.4 Å². The minimum absolute atomic E-state index is 0.0401. The van der Waals surface area contributed by atoms with Gasteiger partial charge < -0.3 is 19.5 Å². The number of amides is 1. The van der Waals surface area contributed by atoms with Crippen LogP contribution in [0.4, 0.5) is 18.9 Å². The van der Waals surface area contributed by atoms with Gasteiger partial charge in [-0.1, -0.05) is 6.07 Å². The highest BCUT2D eigenvalue weighted by Gasteiger charge is 2.33. The molecule has 1 aromatic carbocycles. The lowest BCUT2D eigenvalue weighted by Crippen LogP contribution is -2.44. The lowest BCUT2D eigenvalue weighted by atomic mass is 9.97. The van der Waals surface area contributed by atoms with E-state index >= 15 is 0 Å². The first-order chi connectivity index (χ1) is 15.6. The number of likely N-dealkylation sites (tertiary alicyclic amines) is 1. The van der Waals surface area contributed by atoms with Crippen LogP contribution >= 0.6 is 0 Å². The van der Waals surface area contributed by atoms with Crippen LogP contribution in [-0.2, 0) is 24.4 Å². The zero-order valence-electron chi connectivity index (χ0n) is 18.2. The number of fused-ring (bicyclic) bond motifs is 1. The van der Waals surface area contributed by atoms with Crippen LogP contribution in [0, 0.1) is 5.92 Å². The highest BCUT2D eigenvalue weighted by Crippen LogP contribution is 2.29. The Kier molecular flexibility index (Phi) is 5.83. The summed E-state index contributed by atoms with van der Waals surface area (Å²) in [6, 6.07) is 6.11. The molecule has 0 aliphatic carbocycles. The number of hydrogen-bond acceptors (Lipinski definition) is 6. The van der Waals surface area contributed by atoms with Gasteiger partial charge in [-0.25, -0.2) is 14.8 Å². The molecule has 3 heterocycles. The Labute approximate surface area is 187 Å². The number of imidazole rings is 1. The molecule has 11 heteroatoms. The lowest BCUT2D eigenvalue weighted by molar-refractivity contribution is -0.141. The number of carbonyl (C=O) groups excluding carboxylic acids is 2. The summed E-state index contributed by atoms with van der Waals surface area (Å²) in [5.74, 6) is -0.277. The minimum Gasteiger partial charge on any atom is -0.465 e. The standard InChI is InChI=1S/C22H22F3N5O3/c1-29-10-12(11-29)7-19-27-16-8-13(21(32)33-3)15(9-17(16)30(19)2)28-20(31)14-5-4-6-18(26-14)22(23,24)25/h4-6,8-9,12H,7,10-11H2,1-3H3,(H,28,31). The van der Waals surface area contributed by atoms with Crippen molar-refractivity contribution in [3.05, 3.63) is 53.1 Å². The summed E-state index contributed by atoms with van der Waals surface area (Å²) in [4.78, 5) is 35.3. The van der Waals surface area contributed by atoms with Gasteiger partial charge in [0.2, 0.25) is 0 Å². The molecule has 2 aromatic heterocycles. The number of anilines is 1. The highest BCUT2D eigenvalue weighted by atomic mass is 19.4. The molecule has 33 heavy (non-hydrogen) atoms. The third kappa shape index (κ3) is 4.54. The summed E-state index contributed by atoms with van der Waals surface area (Å²) in [7, 11) is 5.08. The van der Waals surface area contributed by atoms with Crippen LogP contribution in [0.2, 0.25) is 0 Å². The summed E-state index contributed by atoms with van der Waals surface area (Å²) in [6.45, 7) is 1.95. The number of ether oxygens (including phenoxy) is 1. The van der Waals surface area contributed by atoms with Crippen LogP contribution in [0.3, 0.4) is 0 Å². The van der Waals surface area contributed by atoms with E-state index in [4.69, 9.17) is 4.74 Å². The van der Waals surface area contributed by atoms with Gasteiger partial charge in [-0.05, 0) is 37.2 Å². The van der Waals surface area contributed by atoms with E-state index in [2.05, 4.69) is 20.2 Å². The van der Waals surface area contributed by atoms with Gasteiger partial charge in [0.25, 0.3) is 5.91 Å². The summed E-state index contributed by atoms with van der Waals surface area (Å²) >= 11 is 0. The first-order valence-corrected chi connectivity index (χ1v) is 10.2. The second-order valence-corrected chi connectivity index (χ2v) is 8.12. The maximum Gasteiger partial charge on any atom is 0.433 e. The molecular formula is C22H22F3N5O3. The Morgan fingerprint density at radius 1 is 1.18 bits per heavy atom. The Morgan fingerprint density at radius 3 is 2.55 bits per heavy atom. The van der Waals surface area contributed by atoms with Crippen LogP contribution < -0.4 is 5.32 Å². The number of hydrogen-bond donors (Lipinski definition) is 1. The second kappa shape index (κ2) is 8.47. The number of aromatic nitrogens is 3. The van der Waals surface area contributed by atoms with Crippen molar-refractivity contribution in [1.82, 2.24) is 19.4 Å². The average molecular weight is 461 g/mol. The van der Waals surface area contributed by atoms with Crippen LogP contribution in [0.5, 0.6) is 0 Å². The number of esters is 1. The number of nitrogens with zero attached hydrogens (tertiary/aromatic N) is 4. The third-order valence-electron chi connectivity index (χ3n) is 5.65. The molecule has 4 rings (SSSR count). The number of benzene rings is 1. The lowest BCUT2D eigenvalue weighted by Gasteiger charge is -2.35. The summed E-state index contributed by atoms with van der Waals surface area (Å²) < 4.78 is 45.6. The molecule has 3 aromatic rings. The number of alkyl halides is 3. The van der Waals surface area contributed by atoms with Crippen molar-refractivity contribution in [1.29, 1.82) is 0 Å². The molecule has 174 valence electrons. The predicted molar refractivity (Wildman–Crippen MR) is 114 cm³/mol. The van der Waals surface area contributed by atoms with E-state index in [0.717, 1.165) is 37.5 Å². The van der Waals surface area contributed by atoms with Crippen LogP contribution in [0.1, 0.15) is 32.4 Å². The maximum absolute atomic E-state index is 13.0. The van der Waals surface area contributed by atoms with Crippen molar-refractivity contribution in [2.24, 2.45) is 13.0 Å². The van der Waals surface area contributed by atoms with Crippen molar-refractivity contribution < 1.29 is 27.5 Å². The van der Waals surface area contributed by atoms with E-state index in [1.807, 2.05) is 18.7 Å². The molecule has 0 atom stereocenters. The molecule has 1 aliphatic heterocycles. The van der Waals surface area contributed by atoms with E-state index in [0.29, 0.717) is 17.0 Å². The van der Waals surface area contributed by atoms with Crippen LogP contribution in [0.25, 0.3) is 11.0 Å². The summed E-state index contributed by atoms with van der Waals surface area (Å²) in [6.07, 6.45) is -3.92. The normalized spacial score (nSPS) is 14.8. The second-order valence-electron chi connectivity index (χ2n) is 8.12. The molecule has 0 unspecified atom stereocenters. The van der Waals surface area contributed by atoms with Gasteiger partial charge in [-0.15, -0.1) is 0 Å². The highest BCUT2D eigenvalue weighted by molar-refractivity contribution is 6.09. The molecular weight excluding hydrogens is 439 g/mol. The molecule has 8 nitrogen and oxygen atoms in total. The fourth-order valence-electron chi connectivity index (χ4n) is 3.97. The van der Waals surface area contributed by atoms with E-state index in [-0.39, 0.29) is 11.3 Å². The van der Waals surface area contributed by atoms with Gasteiger partial charge in [0.1, 0.15) is 17.2 Å². The van der Waals surface area contributed by atoms with Crippen molar-refractivity contribution in [2.75, 3.05) is 32.6 Å². The molecule has 0 saturated carbocycles. The molecule has 1 fully saturated rings. The van der Waals surface area contributed by atoms with Gasteiger partial charge in [0.05, 0.1) is 29.4 Å². The molecule has 1 N–H and O–H groups in total. The SMILES string of the molecule is COC(=O)c1cc2nc(CC3CN(C)C3)n(C)c2cc1NC(=O)c1cccc(C(F)(F)F)n1. The van der Waals surface area contributed by atoms with Crippen molar-refractivity contribution in [3.63, 3.8) is 0 Å². The van der Waals surface area contributed by atoms with Crippen molar-refractivity contribution in [2.45, 2.75) is 12.6 Å². The Bertz CT molecular complexity index is 1230. The van der Waals surface area contributed by atoms with Crippen LogP contribution in [-0.4, -0.2) is 58.6 Å². The Balaban J connectivity index is 1.69. The fraction of sp³-hybridized carbons (Fsp3) is 0.364. The first kappa shape index (κ1) is 22.7. The molecule has 1 saturated heterocycles. The third-order valence-corrected chi connectivity index (χ3v) is 5.65. The van der Waals surface area contributed by atoms with E-state index in [1.54, 1.807) is 6.07 Å². The van der Waals surface area contributed by atoms with Crippen LogP contribution in [0.15, 0.2) is 30.3 Å². The zero-order valence-corrected chi connectivity index (χ0v) is 18.2. The van der Waals surface area contributed by atoms with Gasteiger partial charge in [-0.2, -0.15) is 13.2 Å². The Morgan fingerprint density at radius 2 is 1.91 bits per heavy atom. The number of halogens is 3. The van der Waals surface area contributed by atoms with Gasteiger partial charge in [-0.3, -0.25) is 4.79 Å². The van der Waals surface area contributed by atoms with E-state index in [9.17, 15) is 22.8 Å². The first-order valence-electron chi connectivity index (χ1n) is 10.2. The number of pyridine rings is 1. The molecule has 0 bridgehead atoms. The molecule has 1 amide bonds. The maximum atomic E-state index is 13.0. The number of methoxy groups -OCH3 is 1. The fourth-order valence-corrected chi connectivity index (χ4v) is 3.97. The molecule has 1 aliphatic rings. The number of aryl methyl sites for hydroxylation is 1. The van der Waals surface area contributed by atoms with Gasteiger partial charge in [0.15, 0.2) is 0 Å². The molecule has 0 spiro atoms. The predicted octanol–water partition coefficient (Wildman–Crippen LogP) is 3.13. The van der Waals surface area contributed by atoms with Crippen molar-refractivity contribution >= 4 is 28.6 Å². The number of carbonyl (C=O) groups is 2. The summed E-state index contributed by atoms with van der Waals surface area (Å²) in [5.41, 5.74) is -0.263. The number of nitrogens with one attached hydrogen (secondary N) is 1. The minimum atomic E-state index is -4.69. The van der Waals surface area contributed by atoms with E-state index < -0.39 is 29.4 Å². The molecule has 0 radical (unpaired) electrons. The van der Waals surface area contributed by atoms with E-state index in [1.165, 1.54) is 19.2 Å². The van der Waals surface area contributed by atoms with Gasteiger partial charge in [0, 0.05) is 26.6 Å². The van der Waals surface area contributed by atoms with Gasteiger partial charge >= 0.3 is 12.1 Å². The average Bonchev–Trinajstić information content (AvgIpc) is 3.05. The smallest absolute Gasteiger partial charge is 0.433 e. The number of rotatable bonds is 5.